The zero-order chi connectivity index (χ0) is 16.0. The molecule has 0 aromatic heterocycles. The van der Waals surface area contributed by atoms with Gasteiger partial charge in [0, 0.05) is 10.5 Å². The number of ether oxygens (including phenoxy) is 2. The summed E-state index contributed by atoms with van der Waals surface area (Å²) in [5.41, 5.74) is -0.364. The number of hydrogen-bond donors (Lipinski definition) is 0. The maximum Gasteiger partial charge on any atom is 0.500 e. The number of benzene rings is 1. The fraction of sp³-hybridized carbons (Fsp3) is 0.571. The van der Waals surface area contributed by atoms with Crippen LogP contribution < -0.4 is 14.9 Å². The van der Waals surface area contributed by atoms with E-state index >= 15 is 0 Å². The lowest BCUT2D eigenvalue weighted by Gasteiger charge is -2.32. The summed E-state index contributed by atoms with van der Waals surface area (Å²) in [6.45, 7) is 7.89. The second-order valence-corrected chi connectivity index (χ2v) is 6.72. The fourth-order valence-electron chi connectivity index (χ4n) is 2.17. The van der Waals surface area contributed by atoms with E-state index < -0.39 is 18.3 Å². The van der Waals surface area contributed by atoms with Gasteiger partial charge in [-0.15, -0.1) is 0 Å². The summed E-state index contributed by atoms with van der Waals surface area (Å²) in [5, 5.41) is 0.788. The van der Waals surface area contributed by atoms with Crippen molar-refractivity contribution in [1.82, 2.24) is 0 Å². The molecule has 0 atom stereocenters. The molecule has 4 nitrogen and oxygen atoms in total. The van der Waals surface area contributed by atoms with E-state index in [0.29, 0.717) is 27.0 Å². The number of methoxy groups -OCH3 is 2. The summed E-state index contributed by atoms with van der Waals surface area (Å²) in [6.07, 6.45) is 0. The lowest BCUT2D eigenvalue weighted by molar-refractivity contribution is 0.00578. The van der Waals surface area contributed by atoms with Gasteiger partial charge in [0.25, 0.3) is 0 Å². The van der Waals surface area contributed by atoms with Gasteiger partial charge in [-0.2, -0.15) is 0 Å². The third-order valence-electron chi connectivity index (χ3n) is 4.08. The van der Waals surface area contributed by atoms with E-state index in [-0.39, 0.29) is 0 Å². The zero-order valence-corrected chi connectivity index (χ0v) is 14.6. The van der Waals surface area contributed by atoms with Gasteiger partial charge in [0.2, 0.25) is 0 Å². The summed E-state index contributed by atoms with van der Waals surface area (Å²) in [7, 11) is 2.40. The molecular formula is C14H19BCl2O4. The molecule has 0 saturated carbocycles. The normalized spacial score (nSPS) is 19.7. The van der Waals surface area contributed by atoms with Crippen molar-refractivity contribution in [3.8, 4) is 11.5 Å². The van der Waals surface area contributed by atoms with E-state index in [2.05, 4.69) is 0 Å². The van der Waals surface area contributed by atoms with Gasteiger partial charge in [0.15, 0.2) is 11.5 Å². The van der Waals surface area contributed by atoms with Crippen LogP contribution in [-0.2, 0) is 9.31 Å². The molecular weight excluding hydrogens is 314 g/mol. The van der Waals surface area contributed by atoms with E-state index in [9.17, 15) is 0 Å². The van der Waals surface area contributed by atoms with Crippen molar-refractivity contribution < 1.29 is 18.8 Å². The van der Waals surface area contributed by atoms with Crippen LogP contribution in [0.15, 0.2) is 6.07 Å². The Labute approximate surface area is 135 Å². The van der Waals surface area contributed by atoms with Crippen LogP contribution in [0, 0.1) is 0 Å². The van der Waals surface area contributed by atoms with Crippen LogP contribution in [0.4, 0.5) is 0 Å². The standard InChI is InChI=1S/C14H19BCl2O4/c1-13(2)14(3,4)21-15(20-13)10-8(16)7-9(17)11(18-5)12(10)19-6/h7H,1-6H3. The highest BCUT2D eigenvalue weighted by molar-refractivity contribution is 6.67. The van der Waals surface area contributed by atoms with Crippen LogP contribution in [0.1, 0.15) is 27.7 Å². The van der Waals surface area contributed by atoms with Crippen molar-refractivity contribution in [2.45, 2.75) is 38.9 Å². The molecule has 116 valence electrons. The van der Waals surface area contributed by atoms with Gasteiger partial charge in [0.1, 0.15) is 0 Å². The molecule has 21 heavy (non-hydrogen) atoms. The van der Waals surface area contributed by atoms with Gasteiger partial charge in [-0.3, -0.25) is 0 Å². The zero-order valence-electron chi connectivity index (χ0n) is 13.0. The Morgan fingerprint density at radius 2 is 1.38 bits per heavy atom. The van der Waals surface area contributed by atoms with Crippen LogP contribution in [0.25, 0.3) is 0 Å². The molecule has 0 bridgehead atoms. The predicted octanol–water partition coefficient (Wildman–Crippen LogP) is 3.31. The molecule has 1 aromatic carbocycles. The first-order chi connectivity index (χ1) is 9.64. The van der Waals surface area contributed by atoms with Crippen LogP contribution in [0.3, 0.4) is 0 Å². The summed E-state index contributed by atoms with van der Waals surface area (Å²) in [4.78, 5) is 0. The largest absolute Gasteiger partial charge is 0.500 e. The molecule has 1 aromatic rings. The molecule has 1 heterocycles. The Bertz CT molecular complexity index is 544. The molecule has 7 heteroatoms. The summed E-state index contributed by atoms with van der Waals surface area (Å²) in [6, 6.07) is 1.60. The van der Waals surface area contributed by atoms with Crippen molar-refractivity contribution in [2.24, 2.45) is 0 Å². The van der Waals surface area contributed by atoms with Gasteiger partial charge < -0.3 is 18.8 Å². The van der Waals surface area contributed by atoms with Crippen LogP contribution >= 0.6 is 23.2 Å². The monoisotopic (exact) mass is 332 g/mol. The van der Waals surface area contributed by atoms with E-state index in [1.165, 1.54) is 14.2 Å². The van der Waals surface area contributed by atoms with E-state index in [0.717, 1.165) is 0 Å². The highest BCUT2D eigenvalue weighted by Crippen LogP contribution is 2.41. The van der Waals surface area contributed by atoms with Gasteiger partial charge in [0.05, 0.1) is 30.4 Å². The smallest absolute Gasteiger partial charge is 0.493 e. The predicted molar refractivity (Wildman–Crippen MR) is 85.3 cm³/mol. The maximum absolute atomic E-state index is 6.33. The molecule has 0 spiro atoms. The van der Waals surface area contributed by atoms with Crippen LogP contribution in [0.5, 0.6) is 11.5 Å². The van der Waals surface area contributed by atoms with E-state index in [1.54, 1.807) is 6.07 Å². The summed E-state index contributed by atoms with van der Waals surface area (Å²) in [5.74, 6) is 0.835. The molecule has 1 aliphatic rings. The second kappa shape index (κ2) is 5.54. The molecule has 0 radical (unpaired) electrons. The van der Waals surface area contributed by atoms with Crippen molar-refractivity contribution in [3.63, 3.8) is 0 Å². The highest BCUT2D eigenvalue weighted by Gasteiger charge is 2.53. The Hall–Kier alpha value is -0.615. The van der Waals surface area contributed by atoms with Gasteiger partial charge in [-0.1, -0.05) is 23.2 Å². The average Bonchev–Trinajstić information content (AvgIpc) is 2.56. The maximum atomic E-state index is 6.33. The van der Waals surface area contributed by atoms with Gasteiger partial charge in [-0.25, -0.2) is 0 Å². The van der Waals surface area contributed by atoms with E-state index in [4.69, 9.17) is 42.0 Å². The minimum Gasteiger partial charge on any atom is -0.493 e. The number of hydrogen-bond acceptors (Lipinski definition) is 4. The molecule has 0 N–H and O–H groups in total. The third-order valence-corrected chi connectivity index (χ3v) is 4.67. The highest BCUT2D eigenvalue weighted by atomic mass is 35.5. The van der Waals surface area contributed by atoms with Gasteiger partial charge in [-0.05, 0) is 33.8 Å². The third kappa shape index (κ3) is 2.72. The van der Waals surface area contributed by atoms with Crippen molar-refractivity contribution >= 4 is 35.8 Å². The minimum absolute atomic E-state index is 0.375. The first-order valence-corrected chi connectivity index (χ1v) is 7.35. The Balaban J connectivity index is 2.55. The Kier molecular flexibility index (Phi) is 4.42. The molecule has 0 aliphatic carbocycles. The molecule has 1 aliphatic heterocycles. The fourth-order valence-corrected chi connectivity index (χ4v) is 2.78. The second-order valence-electron chi connectivity index (χ2n) is 5.91. The summed E-state index contributed by atoms with van der Waals surface area (Å²) >= 11 is 12.5. The topological polar surface area (TPSA) is 36.9 Å². The van der Waals surface area contributed by atoms with Crippen LogP contribution in [0.2, 0.25) is 10.0 Å². The molecule has 1 fully saturated rings. The lowest BCUT2D eigenvalue weighted by Crippen LogP contribution is -2.41. The number of rotatable bonds is 3. The van der Waals surface area contributed by atoms with Crippen molar-refractivity contribution in [3.05, 3.63) is 16.1 Å². The summed E-state index contributed by atoms with van der Waals surface area (Å²) < 4.78 is 22.8. The van der Waals surface area contributed by atoms with Crippen molar-refractivity contribution in [1.29, 1.82) is 0 Å². The average molecular weight is 333 g/mol. The molecule has 0 amide bonds. The first kappa shape index (κ1) is 16.8. The minimum atomic E-state index is -0.649. The molecule has 0 unspecified atom stereocenters. The van der Waals surface area contributed by atoms with Crippen molar-refractivity contribution in [2.75, 3.05) is 14.2 Å². The first-order valence-electron chi connectivity index (χ1n) is 6.60. The number of halogens is 2. The Morgan fingerprint density at radius 3 is 1.81 bits per heavy atom. The SMILES string of the molecule is COc1c(Cl)cc(Cl)c(B2OC(C)(C)C(C)(C)O2)c1OC. The quantitative estimate of drug-likeness (QED) is 0.796. The van der Waals surface area contributed by atoms with E-state index in [1.807, 2.05) is 27.7 Å². The van der Waals surface area contributed by atoms with Gasteiger partial charge >= 0.3 is 7.12 Å². The molecule has 1 saturated heterocycles. The molecule has 2 rings (SSSR count). The van der Waals surface area contributed by atoms with Crippen LogP contribution in [-0.4, -0.2) is 32.5 Å². The lowest BCUT2D eigenvalue weighted by atomic mass is 9.78. The Morgan fingerprint density at radius 1 is 0.905 bits per heavy atom.